The summed E-state index contributed by atoms with van der Waals surface area (Å²) in [5, 5.41) is 18.6. The molecule has 0 spiro atoms. The number of ether oxygens (including phenoxy) is 4. The number of aromatic nitrogens is 1. The van der Waals surface area contributed by atoms with E-state index < -0.39 is 11.2 Å². The van der Waals surface area contributed by atoms with Gasteiger partial charge in [-0.25, -0.2) is 9.59 Å². The molecule has 2 atom stereocenters. The summed E-state index contributed by atoms with van der Waals surface area (Å²) < 4.78 is 22.6. The lowest BCUT2D eigenvalue weighted by Gasteiger charge is -2.40. The maximum absolute atomic E-state index is 12.8. The molecule has 2 aliphatic heterocycles. The number of amides is 2. The summed E-state index contributed by atoms with van der Waals surface area (Å²) in [5.74, 6) is 2.64. The van der Waals surface area contributed by atoms with Crippen LogP contribution in [0.1, 0.15) is 121 Å². The summed E-state index contributed by atoms with van der Waals surface area (Å²) in [5.41, 5.74) is 11.7. The average Bonchev–Trinajstić information content (AvgIpc) is 3.18. The molecule has 4 aromatic rings. The Balaban J connectivity index is 0.000000283. The van der Waals surface area contributed by atoms with Crippen LogP contribution in [0.5, 0.6) is 23.0 Å². The first-order valence-corrected chi connectivity index (χ1v) is 21.7. The van der Waals surface area contributed by atoms with Gasteiger partial charge in [0, 0.05) is 18.8 Å². The molecule has 4 N–H and O–H groups in total. The van der Waals surface area contributed by atoms with Crippen LogP contribution in [0, 0.1) is 18.8 Å². The summed E-state index contributed by atoms with van der Waals surface area (Å²) in [6.07, 6.45) is 1.82. The average molecular weight is 892 g/mol. The number of rotatable bonds is 8. The number of aryl methyl sites for hydroxylation is 1. The molecule has 0 bridgehead atoms. The van der Waals surface area contributed by atoms with Gasteiger partial charge in [0.25, 0.3) is 0 Å². The zero-order valence-corrected chi connectivity index (χ0v) is 40.2. The number of pyridine rings is 1. The van der Waals surface area contributed by atoms with E-state index in [0.717, 1.165) is 64.4 Å². The fraction of sp³-hybridized carbons (Fsp3) is 0.500. The number of nitrogens with two attached hydrogens (primary N) is 1. The van der Waals surface area contributed by atoms with Gasteiger partial charge in [-0.2, -0.15) is 0 Å². The molecule has 0 saturated carbocycles. The van der Waals surface area contributed by atoms with Gasteiger partial charge in [-0.1, -0.05) is 52.0 Å². The fourth-order valence-corrected chi connectivity index (χ4v) is 7.78. The van der Waals surface area contributed by atoms with Crippen molar-refractivity contribution < 1.29 is 38.7 Å². The molecule has 0 radical (unpaired) electrons. The molecule has 0 unspecified atom stereocenters. The quantitative estimate of drug-likeness (QED) is 0.156. The highest BCUT2D eigenvalue weighted by atomic mass is 35.5. The van der Waals surface area contributed by atoms with Crippen LogP contribution in [0.25, 0.3) is 0 Å². The lowest BCUT2D eigenvalue weighted by atomic mass is 9.86. The Bertz CT molecular complexity index is 2110. The minimum absolute atomic E-state index is 0. The van der Waals surface area contributed by atoms with Crippen molar-refractivity contribution in [3.63, 3.8) is 0 Å². The first kappa shape index (κ1) is 52.1. The molecule has 1 aromatic heterocycles. The number of phenols is 2. The Morgan fingerprint density at radius 2 is 1.29 bits per heavy atom. The SMILES string of the molecule is CC(C)[C@H]1c2ccc(O)cc2CCN1C(=O)OC(C)(C)C.COc1ccc(C)nc1COc1ccc2c(c1)CCN(C(=O)OC(C)(C)C)[C@H]2C(C)C.Cl.NCCc1cccc(O)c1. The number of fused-ring (bicyclic) bond motifs is 2. The lowest BCUT2D eigenvalue weighted by molar-refractivity contribution is 0.00784. The molecule has 0 aliphatic carbocycles. The van der Waals surface area contributed by atoms with E-state index in [1.54, 1.807) is 31.4 Å². The van der Waals surface area contributed by atoms with Crippen molar-refractivity contribution in [2.75, 3.05) is 26.7 Å². The molecular weight excluding hydrogens is 820 g/mol. The summed E-state index contributed by atoms with van der Waals surface area (Å²) in [7, 11) is 1.64. The van der Waals surface area contributed by atoms with E-state index in [1.165, 1.54) is 5.56 Å². The van der Waals surface area contributed by atoms with Gasteiger partial charge in [-0.3, -0.25) is 4.98 Å². The molecule has 3 aromatic carbocycles. The molecule has 2 aliphatic rings. The Hall–Kier alpha value is -5.20. The second-order valence-corrected chi connectivity index (χ2v) is 18.6. The summed E-state index contributed by atoms with van der Waals surface area (Å²) in [6, 6.07) is 22.5. The van der Waals surface area contributed by atoms with E-state index in [1.807, 2.05) is 94.7 Å². The molecular formula is C50H71ClN4O8. The van der Waals surface area contributed by atoms with Crippen molar-refractivity contribution >= 4 is 24.6 Å². The van der Waals surface area contributed by atoms with Crippen molar-refractivity contribution in [2.45, 2.75) is 125 Å². The molecule has 6 rings (SSSR count). The van der Waals surface area contributed by atoms with Crippen molar-refractivity contribution in [3.8, 4) is 23.0 Å². The van der Waals surface area contributed by atoms with Crippen LogP contribution in [-0.2, 0) is 35.3 Å². The van der Waals surface area contributed by atoms with E-state index in [-0.39, 0.29) is 54.3 Å². The van der Waals surface area contributed by atoms with E-state index in [2.05, 4.69) is 44.8 Å². The Morgan fingerprint density at radius 3 is 1.78 bits per heavy atom. The van der Waals surface area contributed by atoms with Gasteiger partial charge >= 0.3 is 12.2 Å². The van der Waals surface area contributed by atoms with Crippen LogP contribution >= 0.6 is 12.4 Å². The van der Waals surface area contributed by atoms with Crippen molar-refractivity contribution in [2.24, 2.45) is 17.6 Å². The van der Waals surface area contributed by atoms with Gasteiger partial charge in [-0.15, -0.1) is 12.4 Å². The molecule has 3 heterocycles. The van der Waals surface area contributed by atoms with E-state index in [4.69, 9.17) is 29.8 Å². The van der Waals surface area contributed by atoms with Gasteiger partial charge in [0.15, 0.2) is 0 Å². The predicted octanol–water partition coefficient (Wildman–Crippen LogP) is 10.7. The largest absolute Gasteiger partial charge is 0.508 e. The van der Waals surface area contributed by atoms with Gasteiger partial charge in [-0.05, 0) is 162 Å². The number of halogens is 1. The third kappa shape index (κ3) is 15.2. The number of carbonyl (C=O) groups excluding carboxylic acids is 2. The maximum Gasteiger partial charge on any atom is 0.410 e. The third-order valence-corrected chi connectivity index (χ3v) is 10.3. The number of phenolic OH excluding ortho intramolecular Hbond substituents is 2. The van der Waals surface area contributed by atoms with Crippen molar-refractivity contribution in [1.29, 1.82) is 0 Å². The zero-order valence-electron chi connectivity index (χ0n) is 39.4. The highest BCUT2D eigenvalue weighted by molar-refractivity contribution is 5.85. The highest BCUT2D eigenvalue weighted by Gasteiger charge is 2.37. The summed E-state index contributed by atoms with van der Waals surface area (Å²) in [6.45, 7) is 24.0. The second kappa shape index (κ2) is 22.9. The van der Waals surface area contributed by atoms with Gasteiger partial charge < -0.3 is 44.7 Å². The van der Waals surface area contributed by atoms with Crippen LogP contribution in [-0.4, -0.2) is 75.1 Å². The van der Waals surface area contributed by atoms with Crippen molar-refractivity contribution in [1.82, 2.24) is 14.8 Å². The topological polar surface area (TPSA) is 157 Å². The smallest absolute Gasteiger partial charge is 0.410 e. The number of hydrogen-bond donors (Lipinski definition) is 3. The van der Waals surface area contributed by atoms with E-state index >= 15 is 0 Å². The lowest BCUT2D eigenvalue weighted by Crippen LogP contribution is -2.44. The molecule has 0 fully saturated rings. The summed E-state index contributed by atoms with van der Waals surface area (Å²) in [4.78, 5) is 33.5. The minimum Gasteiger partial charge on any atom is -0.508 e. The normalized spacial score (nSPS) is 15.7. The molecule has 63 heavy (non-hydrogen) atoms. The van der Waals surface area contributed by atoms with Crippen LogP contribution in [0.4, 0.5) is 9.59 Å². The number of nitrogens with zero attached hydrogens (tertiary/aromatic N) is 3. The molecule has 13 heteroatoms. The van der Waals surface area contributed by atoms with E-state index in [9.17, 15) is 14.7 Å². The number of methoxy groups -OCH3 is 1. The Kier molecular flexibility index (Phi) is 19.0. The molecule has 12 nitrogen and oxygen atoms in total. The van der Waals surface area contributed by atoms with Crippen LogP contribution in [0.2, 0.25) is 0 Å². The standard InChI is InChI=1S/C25H34N2O4.C17H25NO3.C8H11NO.ClH/c1-16(2)23-20-10-9-19(30-15-21-22(29-7)11-8-17(3)26-21)14-18(20)12-13-27(23)24(28)31-25(4,5)6;1-11(2)15-14-7-6-13(19)10-12(14)8-9-18(15)16(20)21-17(3,4)5;9-5-4-7-2-1-3-8(10)6-7;/h8-11,14,16,23H,12-13,15H2,1-7H3;6-7,10-11,15,19H,8-9H2,1-5H3;1-3,6,10H,4-5,9H2;1H/t23-;15-;;/m00../s1. The number of benzene rings is 3. The Labute approximate surface area is 381 Å². The van der Waals surface area contributed by atoms with Gasteiger partial charge in [0.05, 0.1) is 19.2 Å². The monoisotopic (exact) mass is 890 g/mol. The van der Waals surface area contributed by atoms with Gasteiger partial charge in [0.1, 0.15) is 46.5 Å². The molecule has 0 saturated heterocycles. The molecule has 2 amide bonds. The number of hydrogen-bond acceptors (Lipinski definition) is 10. The van der Waals surface area contributed by atoms with Gasteiger partial charge in [0.2, 0.25) is 0 Å². The highest BCUT2D eigenvalue weighted by Crippen LogP contribution is 2.39. The zero-order chi connectivity index (χ0) is 45.9. The van der Waals surface area contributed by atoms with Crippen molar-refractivity contribution in [3.05, 3.63) is 112 Å². The minimum atomic E-state index is -0.512. The van der Waals surface area contributed by atoms with Crippen LogP contribution < -0.4 is 15.2 Å². The predicted molar refractivity (Wildman–Crippen MR) is 251 cm³/mol. The Morgan fingerprint density at radius 1 is 0.762 bits per heavy atom. The fourth-order valence-electron chi connectivity index (χ4n) is 7.78. The number of carbonyl (C=O) groups is 2. The van der Waals surface area contributed by atoms with E-state index in [0.29, 0.717) is 32.0 Å². The van der Waals surface area contributed by atoms with Crippen LogP contribution in [0.15, 0.2) is 72.8 Å². The summed E-state index contributed by atoms with van der Waals surface area (Å²) >= 11 is 0. The number of aromatic hydroxyl groups is 2. The third-order valence-electron chi connectivity index (χ3n) is 10.3. The second-order valence-electron chi connectivity index (χ2n) is 18.6. The first-order valence-electron chi connectivity index (χ1n) is 21.7. The maximum atomic E-state index is 12.8. The first-order chi connectivity index (χ1) is 29.1. The molecule has 346 valence electrons. The van der Waals surface area contributed by atoms with Crippen LogP contribution in [0.3, 0.4) is 0 Å².